The summed E-state index contributed by atoms with van der Waals surface area (Å²) in [5.41, 5.74) is 0.280. The minimum Gasteiger partial charge on any atom is -0.454 e. The first-order valence-electron chi connectivity index (χ1n) is 5.18. The Morgan fingerprint density at radius 2 is 2.12 bits per heavy atom. The molecule has 0 aromatic heterocycles. The number of ketones is 1. The van der Waals surface area contributed by atoms with Crippen molar-refractivity contribution >= 4 is 5.78 Å². The number of carbonyl (C=O) groups is 1. The molecule has 1 heterocycles. The highest BCUT2D eigenvalue weighted by Crippen LogP contribution is 2.41. The van der Waals surface area contributed by atoms with Gasteiger partial charge in [0.1, 0.15) is 5.78 Å². The number of alkyl halides is 2. The highest BCUT2D eigenvalue weighted by Gasteiger charge is 2.29. The second-order valence-electron chi connectivity index (χ2n) is 4.14. The molecule has 1 aliphatic rings. The minimum atomic E-state index is -2.97. The van der Waals surface area contributed by atoms with E-state index in [0.29, 0.717) is 11.3 Å². The van der Waals surface area contributed by atoms with Crippen LogP contribution in [0, 0.1) is 0 Å². The van der Waals surface area contributed by atoms with Gasteiger partial charge in [-0.05, 0) is 19.1 Å². The first kappa shape index (κ1) is 11.8. The van der Waals surface area contributed by atoms with Gasteiger partial charge in [-0.1, -0.05) is 0 Å². The molecular formula is C12H12F2O3. The van der Waals surface area contributed by atoms with Gasteiger partial charge in [-0.25, -0.2) is 8.78 Å². The molecule has 0 radical (unpaired) electrons. The molecule has 1 aromatic carbocycles. The van der Waals surface area contributed by atoms with Gasteiger partial charge in [0.15, 0.2) is 11.5 Å². The Bertz CT molecular complexity index is 464. The zero-order valence-corrected chi connectivity index (χ0v) is 9.55. The molecule has 0 bridgehead atoms. The van der Waals surface area contributed by atoms with E-state index in [0.717, 1.165) is 6.92 Å². The molecule has 0 unspecified atom stereocenters. The van der Waals surface area contributed by atoms with Crippen LogP contribution in [0.15, 0.2) is 12.1 Å². The third-order valence-corrected chi connectivity index (χ3v) is 2.50. The monoisotopic (exact) mass is 242 g/mol. The van der Waals surface area contributed by atoms with E-state index in [2.05, 4.69) is 0 Å². The number of hydrogen-bond acceptors (Lipinski definition) is 3. The Hall–Kier alpha value is -1.65. The number of ether oxygens (including phenoxy) is 2. The molecule has 3 nitrogen and oxygen atoms in total. The molecule has 0 fully saturated rings. The van der Waals surface area contributed by atoms with Crippen LogP contribution in [0.5, 0.6) is 11.5 Å². The topological polar surface area (TPSA) is 35.5 Å². The summed E-state index contributed by atoms with van der Waals surface area (Å²) < 4.78 is 36.8. The molecule has 1 aliphatic heterocycles. The number of benzene rings is 1. The second-order valence-corrected chi connectivity index (χ2v) is 4.14. The summed E-state index contributed by atoms with van der Waals surface area (Å²) in [6, 6.07) is 2.56. The molecule has 92 valence electrons. The van der Waals surface area contributed by atoms with Gasteiger partial charge in [-0.2, -0.15) is 0 Å². The van der Waals surface area contributed by atoms with Crippen LogP contribution in [-0.2, 0) is 17.1 Å². The van der Waals surface area contributed by atoms with Gasteiger partial charge in [-0.3, -0.25) is 4.79 Å². The molecule has 0 N–H and O–H groups in total. The van der Waals surface area contributed by atoms with Gasteiger partial charge in [0, 0.05) is 24.5 Å². The molecule has 1 aromatic rings. The second kappa shape index (κ2) is 3.98. The van der Waals surface area contributed by atoms with Gasteiger partial charge < -0.3 is 9.47 Å². The zero-order valence-electron chi connectivity index (χ0n) is 9.55. The lowest BCUT2D eigenvalue weighted by molar-refractivity contribution is -0.116. The molecule has 0 atom stereocenters. The maximum Gasteiger partial charge on any atom is 0.270 e. The fraction of sp³-hybridized carbons (Fsp3) is 0.417. The Labute approximate surface area is 97.3 Å². The quantitative estimate of drug-likeness (QED) is 0.817. The number of halogens is 2. The number of rotatable bonds is 3. The van der Waals surface area contributed by atoms with Crippen molar-refractivity contribution in [2.75, 3.05) is 6.79 Å². The molecule has 0 saturated heterocycles. The molecule has 2 rings (SSSR count). The number of hydrogen-bond donors (Lipinski definition) is 0. The average molecular weight is 242 g/mol. The minimum absolute atomic E-state index is 0.00101. The predicted octanol–water partition coefficient (Wildman–Crippen LogP) is 2.66. The molecule has 0 aliphatic carbocycles. The first-order chi connectivity index (χ1) is 7.88. The molecule has 17 heavy (non-hydrogen) atoms. The van der Waals surface area contributed by atoms with Crippen molar-refractivity contribution in [3.63, 3.8) is 0 Å². The van der Waals surface area contributed by atoms with E-state index in [1.165, 1.54) is 19.1 Å². The zero-order chi connectivity index (χ0) is 12.6. The largest absolute Gasteiger partial charge is 0.454 e. The van der Waals surface area contributed by atoms with E-state index >= 15 is 0 Å². The van der Waals surface area contributed by atoms with Crippen LogP contribution < -0.4 is 9.47 Å². The van der Waals surface area contributed by atoms with E-state index in [4.69, 9.17) is 9.47 Å². The lowest BCUT2D eigenvalue weighted by Crippen LogP contribution is -2.08. The third-order valence-electron chi connectivity index (χ3n) is 2.50. The smallest absolute Gasteiger partial charge is 0.270 e. The van der Waals surface area contributed by atoms with Crippen molar-refractivity contribution in [1.82, 2.24) is 0 Å². The van der Waals surface area contributed by atoms with E-state index in [1.54, 1.807) is 0 Å². The summed E-state index contributed by atoms with van der Waals surface area (Å²) in [4.78, 5) is 11.1. The van der Waals surface area contributed by atoms with Crippen molar-refractivity contribution in [3.8, 4) is 11.5 Å². The molecule has 0 saturated carbocycles. The summed E-state index contributed by atoms with van der Waals surface area (Å²) in [6.07, 6.45) is 0.0651. The summed E-state index contributed by atoms with van der Waals surface area (Å²) in [7, 11) is 0. The van der Waals surface area contributed by atoms with E-state index in [9.17, 15) is 13.6 Å². The van der Waals surface area contributed by atoms with Crippen LogP contribution in [0.25, 0.3) is 0 Å². The van der Waals surface area contributed by atoms with Crippen molar-refractivity contribution in [3.05, 3.63) is 23.3 Å². The number of fused-ring (bicyclic) bond motifs is 1. The summed E-state index contributed by atoms with van der Waals surface area (Å²) >= 11 is 0. The Morgan fingerprint density at radius 1 is 1.41 bits per heavy atom. The molecule has 5 heteroatoms. The standard InChI is InChI=1S/C12H12F2O3/c1-7(15)3-8-4-9(12(2,13)14)5-10-11(8)17-6-16-10/h4-5H,3,6H2,1-2H3. The van der Waals surface area contributed by atoms with Crippen molar-refractivity contribution < 1.29 is 23.0 Å². The van der Waals surface area contributed by atoms with Gasteiger partial charge in [0.05, 0.1) is 0 Å². The van der Waals surface area contributed by atoms with E-state index in [-0.39, 0.29) is 30.3 Å². The Balaban J connectivity index is 2.49. The summed E-state index contributed by atoms with van der Waals surface area (Å²) in [6.45, 7) is 2.21. The van der Waals surface area contributed by atoms with E-state index < -0.39 is 5.92 Å². The van der Waals surface area contributed by atoms with Crippen LogP contribution in [-0.4, -0.2) is 12.6 Å². The van der Waals surface area contributed by atoms with Crippen LogP contribution in [0.1, 0.15) is 25.0 Å². The maximum atomic E-state index is 13.3. The Morgan fingerprint density at radius 3 is 2.71 bits per heavy atom. The molecular weight excluding hydrogens is 230 g/mol. The Kier molecular flexibility index (Phi) is 2.77. The summed E-state index contributed by atoms with van der Waals surface area (Å²) in [5.74, 6) is -2.40. The van der Waals surface area contributed by atoms with Crippen molar-refractivity contribution in [2.45, 2.75) is 26.2 Å². The van der Waals surface area contributed by atoms with Crippen LogP contribution >= 0.6 is 0 Å². The van der Waals surface area contributed by atoms with Crippen LogP contribution in [0.3, 0.4) is 0 Å². The lowest BCUT2D eigenvalue weighted by Gasteiger charge is -2.13. The SMILES string of the molecule is CC(=O)Cc1cc(C(C)(F)F)cc2c1OCO2. The molecule has 0 amide bonds. The maximum absolute atomic E-state index is 13.3. The van der Waals surface area contributed by atoms with Gasteiger partial charge in [-0.15, -0.1) is 0 Å². The van der Waals surface area contributed by atoms with Crippen LogP contribution in [0.2, 0.25) is 0 Å². The average Bonchev–Trinajstić information content (AvgIpc) is 2.62. The van der Waals surface area contributed by atoms with Crippen molar-refractivity contribution in [1.29, 1.82) is 0 Å². The van der Waals surface area contributed by atoms with Gasteiger partial charge in [0.2, 0.25) is 6.79 Å². The highest BCUT2D eigenvalue weighted by atomic mass is 19.3. The van der Waals surface area contributed by atoms with Gasteiger partial charge in [0.25, 0.3) is 5.92 Å². The number of carbonyl (C=O) groups excluding carboxylic acids is 1. The number of Topliss-reactive ketones (excluding diaryl/α,β-unsaturated/α-hetero) is 1. The summed E-state index contributed by atoms with van der Waals surface area (Å²) in [5, 5.41) is 0. The molecule has 0 spiro atoms. The van der Waals surface area contributed by atoms with Crippen LogP contribution in [0.4, 0.5) is 8.78 Å². The normalized spacial score (nSPS) is 13.9. The first-order valence-corrected chi connectivity index (χ1v) is 5.18. The highest BCUT2D eigenvalue weighted by molar-refractivity contribution is 5.79. The van der Waals surface area contributed by atoms with Crippen molar-refractivity contribution in [2.24, 2.45) is 0 Å². The third kappa shape index (κ3) is 2.38. The lowest BCUT2D eigenvalue weighted by atomic mass is 10.0. The van der Waals surface area contributed by atoms with E-state index in [1.807, 2.05) is 0 Å². The fourth-order valence-corrected chi connectivity index (χ4v) is 1.74. The van der Waals surface area contributed by atoms with Gasteiger partial charge >= 0.3 is 0 Å². The fourth-order valence-electron chi connectivity index (χ4n) is 1.74. The predicted molar refractivity (Wildman–Crippen MR) is 56.5 cm³/mol.